The summed E-state index contributed by atoms with van der Waals surface area (Å²) in [6.45, 7) is 5.02. The van der Waals surface area contributed by atoms with Crippen LogP contribution in [0.4, 0.5) is 18.9 Å². The number of thiocarbonyl (C=S) groups is 1. The Balaban J connectivity index is 1.71. The van der Waals surface area contributed by atoms with Crippen molar-refractivity contribution >= 4 is 34.6 Å². The summed E-state index contributed by atoms with van der Waals surface area (Å²) in [5, 5.41) is 2.99. The molecule has 0 radical (unpaired) electrons. The topological polar surface area (TPSA) is 40.6 Å². The Bertz CT molecular complexity index is 863. The second kappa shape index (κ2) is 11.1. The minimum Gasteiger partial charge on any atom is -0.379 e. The van der Waals surface area contributed by atoms with E-state index in [0.29, 0.717) is 26.3 Å². The lowest BCUT2D eigenvalue weighted by molar-refractivity contribution is -0.136. The monoisotopic (exact) mass is 472 g/mol. The van der Waals surface area contributed by atoms with Gasteiger partial charge in [0.05, 0.1) is 36.7 Å². The maximum atomic E-state index is 13.5. The zero-order valence-corrected chi connectivity index (χ0v) is 18.4. The molecule has 5 nitrogen and oxygen atoms in total. The summed E-state index contributed by atoms with van der Waals surface area (Å²) in [5.41, 5.74) is -0.195. The highest BCUT2D eigenvalue weighted by Crippen LogP contribution is 2.36. The maximum absolute atomic E-state index is 13.5. The van der Waals surface area contributed by atoms with Gasteiger partial charge in [-0.1, -0.05) is 17.7 Å². The van der Waals surface area contributed by atoms with Crippen molar-refractivity contribution < 1.29 is 17.9 Å². The standard InChI is InChI=1S/C21H24ClF3N4OS/c22-16-5-6-19(18(14-16)21(23,24)25)27-20(31)29(15-17-4-1-2-7-26-17)9-3-8-28-10-12-30-13-11-28/h1-2,4-7,14H,3,8-13,15H2,(H,27,31). The Morgan fingerprint density at radius 3 is 2.68 bits per heavy atom. The number of anilines is 1. The lowest BCUT2D eigenvalue weighted by Crippen LogP contribution is -2.40. The van der Waals surface area contributed by atoms with Crippen LogP contribution in [0.3, 0.4) is 0 Å². The average molecular weight is 473 g/mol. The molecule has 1 aromatic heterocycles. The average Bonchev–Trinajstić information content (AvgIpc) is 2.75. The lowest BCUT2D eigenvalue weighted by atomic mass is 10.1. The molecular formula is C21H24ClF3N4OS. The Kier molecular flexibility index (Phi) is 8.48. The van der Waals surface area contributed by atoms with E-state index in [4.69, 9.17) is 28.6 Å². The molecule has 0 spiro atoms. The minimum atomic E-state index is -4.55. The first kappa shape index (κ1) is 23.7. The van der Waals surface area contributed by atoms with Crippen molar-refractivity contribution in [2.75, 3.05) is 44.7 Å². The van der Waals surface area contributed by atoms with E-state index in [9.17, 15) is 13.2 Å². The molecular weight excluding hydrogens is 449 g/mol. The fourth-order valence-corrected chi connectivity index (χ4v) is 3.74. The summed E-state index contributed by atoms with van der Waals surface area (Å²) < 4.78 is 45.7. The number of morpholine rings is 1. The first-order chi connectivity index (χ1) is 14.8. The second-order valence-electron chi connectivity index (χ2n) is 7.17. The van der Waals surface area contributed by atoms with Crippen LogP contribution in [0.25, 0.3) is 0 Å². The van der Waals surface area contributed by atoms with E-state index in [0.717, 1.165) is 37.8 Å². The van der Waals surface area contributed by atoms with Gasteiger partial charge in [0.15, 0.2) is 5.11 Å². The fraction of sp³-hybridized carbons (Fsp3) is 0.429. The second-order valence-corrected chi connectivity index (χ2v) is 7.99. The van der Waals surface area contributed by atoms with E-state index in [1.807, 2.05) is 23.1 Å². The number of benzene rings is 1. The number of hydrogen-bond acceptors (Lipinski definition) is 4. The largest absolute Gasteiger partial charge is 0.418 e. The number of pyridine rings is 1. The van der Waals surface area contributed by atoms with Gasteiger partial charge in [-0.15, -0.1) is 0 Å². The van der Waals surface area contributed by atoms with Gasteiger partial charge in [-0.2, -0.15) is 13.2 Å². The molecule has 3 rings (SSSR count). The Morgan fingerprint density at radius 1 is 1.23 bits per heavy atom. The van der Waals surface area contributed by atoms with Crippen molar-refractivity contribution in [1.29, 1.82) is 0 Å². The van der Waals surface area contributed by atoms with E-state index in [1.165, 1.54) is 12.1 Å². The Morgan fingerprint density at radius 2 is 2.00 bits per heavy atom. The number of aromatic nitrogens is 1. The van der Waals surface area contributed by atoms with E-state index in [-0.39, 0.29) is 15.8 Å². The first-order valence-corrected chi connectivity index (χ1v) is 10.7. The smallest absolute Gasteiger partial charge is 0.379 e. The molecule has 10 heteroatoms. The van der Waals surface area contributed by atoms with Crippen LogP contribution in [-0.4, -0.2) is 59.3 Å². The SMILES string of the molecule is FC(F)(F)c1cc(Cl)ccc1NC(=S)N(CCCN1CCOCC1)Cc1ccccn1. The van der Waals surface area contributed by atoms with Crippen molar-refractivity contribution in [3.05, 3.63) is 58.9 Å². The molecule has 1 fully saturated rings. The number of ether oxygens (including phenoxy) is 1. The van der Waals surface area contributed by atoms with Gasteiger partial charge in [0.25, 0.3) is 0 Å². The van der Waals surface area contributed by atoms with Gasteiger partial charge in [-0.05, 0) is 49.0 Å². The summed E-state index contributed by atoms with van der Waals surface area (Å²) in [5.74, 6) is 0. The third kappa shape index (κ3) is 7.31. The molecule has 2 aromatic rings. The molecule has 0 saturated carbocycles. The predicted molar refractivity (Wildman–Crippen MR) is 119 cm³/mol. The van der Waals surface area contributed by atoms with Gasteiger partial charge >= 0.3 is 6.18 Å². The van der Waals surface area contributed by atoms with Crippen molar-refractivity contribution in [2.24, 2.45) is 0 Å². The van der Waals surface area contributed by atoms with Gasteiger partial charge in [0, 0.05) is 37.4 Å². The van der Waals surface area contributed by atoms with Crippen LogP contribution in [0.5, 0.6) is 0 Å². The normalized spacial score (nSPS) is 15.0. The molecule has 1 aliphatic rings. The molecule has 1 N–H and O–H groups in total. The molecule has 1 aromatic carbocycles. The van der Waals surface area contributed by atoms with Crippen LogP contribution in [-0.2, 0) is 17.5 Å². The number of hydrogen-bond donors (Lipinski definition) is 1. The third-order valence-corrected chi connectivity index (χ3v) is 5.50. The highest BCUT2D eigenvalue weighted by Gasteiger charge is 2.34. The summed E-state index contributed by atoms with van der Waals surface area (Å²) in [4.78, 5) is 8.47. The molecule has 0 bridgehead atoms. The van der Waals surface area contributed by atoms with Crippen LogP contribution >= 0.6 is 23.8 Å². The molecule has 168 valence electrons. The number of nitrogens with one attached hydrogen (secondary N) is 1. The molecule has 0 atom stereocenters. The Labute approximate surface area is 190 Å². The zero-order valence-electron chi connectivity index (χ0n) is 16.9. The quantitative estimate of drug-likeness (QED) is 0.590. The molecule has 0 amide bonds. The van der Waals surface area contributed by atoms with Gasteiger partial charge in [-0.3, -0.25) is 9.88 Å². The van der Waals surface area contributed by atoms with Crippen molar-refractivity contribution in [2.45, 2.75) is 19.1 Å². The summed E-state index contributed by atoms with van der Waals surface area (Å²) >= 11 is 11.3. The van der Waals surface area contributed by atoms with Gasteiger partial charge in [-0.25, -0.2) is 0 Å². The maximum Gasteiger partial charge on any atom is 0.418 e. The third-order valence-electron chi connectivity index (χ3n) is 4.90. The van der Waals surface area contributed by atoms with E-state index < -0.39 is 11.7 Å². The highest BCUT2D eigenvalue weighted by atomic mass is 35.5. The highest BCUT2D eigenvalue weighted by molar-refractivity contribution is 7.80. The van der Waals surface area contributed by atoms with Crippen LogP contribution < -0.4 is 5.32 Å². The number of rotatable bonds is 7. The number of halogens is 4. The summed E-state index contributed by atoms with van der Waals surface area (Å²) in [7, 11) is 0. The minimum absolute atomic E-state index is 0.0136. The van der Waals surface area contributed by atoms with E-state index in [2.05, 4.69) is 15.2 Å². The van der Waals surface area contributed by atoms with Crippen LogP contribution in [0, 0.1) is 0 Å². The molecule has 0 unspecified atom stereocenters. The number of nitrogens with zero attached hydrogens (tertiary/aromatic N) is 3. The molecule has 0 aliphatic carbocycles. The zero-order chi connectivity index (χ0) is 22.3. The van der Waals surface area contributed by atoms with Crippen molar-refractivity contribution in [3.63, 3.8) is 0 Å². The van der Waals surface area contributed by atoms with Crippen LogP contribution in [0.1, 0.15) is 17.7 Å². The van der Waals surface area contributed by atoms with E-state index >= 15 is 0 Å². The fourth-order valence-electron chi connectivity index (χ4n) is 3.30. The molecule has 1 saturated heterocycles. The van der Waals surface area contributed by atoms with Gasteiger partial charge < -0.3 is 15.0 Å². The lowest BCUT2D eigenvalue weighted by Gasteiger charge is -2.30. The van der Waals surface area contributed by atoms with Crippen molar-refractivity contribution in [3.8, 4) is 0 Å². The van der Waals surface area contributed by atoms with Crippen LogP contribution in [0.15, 0.2) is 42.6 Å². The summed E-state index contributed by atoms with van der Waals surface area (Å²) in [6, 6.07) is 9.14. The molecule has 31 heavy (non-hydrogen) atoms. The van der Waals surface area contributed by atoms with Crippen molar-refractivity contribution in [1.82, 2.24) is 14.8 Å². The molecule has 2 heterocycles. The molecule has 1 aliphatic heterocycles. The first-order valence-electron chi connectivity index (χ1n) is 9.95. The van der Waals surface area contributed by atoms with Gasteiger partial charge in [0.1, 0.15) is 0 Å². The Hall–Kier alpha value is -1.94. The summed E-state index contributed by atoms with van der Waals surface area (Å²) in [6.07, 6.45) is -2.06. The number of alkyl halides is 3. The van der Waals surface area contributed by atoms with Crippen LogP contribution in [0.2, 0.25) is 5.02 Å². The van der Waals surface area contributed by atoms with E-state index in [1.54, 1.807) is 6.20 Å². The predicted octanol–water partition coefficient (Wildman–Crippen LogP) is 4.68. The van der Waals surface area contributed by atoms with Gasteiger partial charge in [0.2, 0.25) is 0 Å².